The quantitative estimate of drug-likeness (QED) is 0.557. The van der Waals surface area contributed by atoms with Crippen LogP contribution in [-0.2, 0) is 22.6 Å². The Labute approximate surface area is 187 Å². The molecule has 0 aliphatic carbocycles. The Morgan fingerprint density at radius 3 is 2.53 bits per heavy atom. The van der Waals surface area contributed by atoms with Gasteiger partial charge in [-0.15, -0.1) is 0 Å². The van der Waals surface area contributed by atoms with Crippen molar-refractivity contribution in [3.05, 3.63) is 76.7 Å². The minimum Gasteiger partial charge on any atom is -0.343 e. The van der Waals surface area contributed by atoms with Crippen LogP contribution in [0.2, 0.25) is 0 Å². The molecule has 3 aromatic rings. The van der Waals surface area contributed by atoms with Crippen molar-refractivity contribution in [3.63, 3.8) is 0 Å². The van der Waals surface area contributed by atoms with Crippen LogP contribution < -0.4 is 10.9 Å². The van der Waals surface area contributed by atoms with Crippen LogP contribution in [0.4, 0.5) is 5.69 Å². The number of anilines is 1. The van der Waals surface area contributed by atoms with Gasteiger partial charge >= 0.3 is 0 Å². The maximum atomic E-state index is 13.0. The summed E-state index contributed by atoms with van der Waals surface area (Å²) in [7, 11) is 0. The molecule has 32 heavy (non-hydrogen) atoms. The van der Waals surface area contributed by atoms with Crippen LogP contribution in [0.15, 0.2) is 65.6 Å². The number of nitrogens with one attached hydrogen (secondary N) is 1. The fourth-order valence-corrected chi connectivity index (χ4v) is 4.29. The molecule has 0 saturated carbocycles. The minimum absolute atomic E-state index is 0.0482. The fraction of sp³-hybridized carbons (Fsp3) is 0.346. The molecule has 166 valence electrons. The van der Waals surface area contributed by atoms with Crippen LogP contribution in [0.3, 0.4) is 0 Å². The first-order chi connectivity index (χ1) is 15.6. The van der Waals surface area contributed by atoms with E-state index in [-0.39, 0.29) is 17.4 Å². The lowest BCUT2D eigenvalue weighted by molar-refractivity contribution is -0.127. The number of rotatable bonds is 9. The average Bonchev–Trinajstić information content (AvgIpc) is 3.21. The van der Waals surface area contributed by atoms with Gasteiger partial charge in [-0.2, -0.15) is 0 Å². The molecule has 0 spiro atoms. The molecule has 6 nitrogen and oxygen atoms in total. The topological polar surface area (TPSA) is 71.4 Å². The van der Waals surface area contributed by atoms with Crippen molar-refractivity contribution in [3.8, 4) is 0 Å². The molecule has 6 heteroatoms. The van der Waals surface area contributed by atoms with Crippen LogP contribution in [0, 0.1) is 0 Å². The van der Waals surface area contributed by atoms with E-state index in [2.05, 4.69) is 17.4 Å². The molecule has 1 aliphatic heterocycles. The largest absolute Gasteiger partial charge is 0.343 e. The van der Waals surface area contributed by atoms with E-state index in [4.69, 9.17) is 0 Å². The van der Waals surface area contributed by atoms with Crippen LogP contribution in [0.1, 0.15) is 37.7 Å². The van der Waals surface area contributed by atoms with Gasteiger partial charge < -0.3 is 14.8 Å². The Hall–Kier alpha value is -3.41. The second-order valence-corrected chi connectivity index (χ2v) is 8.31. The van der Waals surface area contributed by atoms with Crippen LogP contribution >= 0.6 is 0 Å². The highest BCUT2D eigenvalue weighted by Crippen LogP contribution is 2.21. The summed E-state index contributed by atoms with van der Waals surface area (Å²) in [6.07, 6.45) is 6.14. The van der Waals surface area contributed by atoms with Crippen molar-refractivity contribution in [2.75, 3.05) is 18.4 Å². The van der Waals surface area contributed by atoms with Crippen molar-refractivity contribution in [2.24, 2.45) is 0 Å². The fourth-order valence-electron chi connectivity index (χ4n) is 4.29. The van der Waals surface area contributed by atoms with Gasteiger partial charge in [0.1, 0.15) is 0 Å². The Bertz CT molecular complexity index is 1150. The molecular weight excluding hydrogens is 402 g/mol. The van der Waals surface area contributed by atoms with Gasteiger partial charge in [0.25, 0.3) is 5.56 Å². The normalized spacial score (nSPS) is 13.6. The molecule has 1 aliphatic rings. The van der Waals surface area contributed by atoms with Gasteiger partial charge in [0.15, 0.2) is 0 Å². The number of aromatic nitrogens is 1. The van der Waals surface area contributed by atoms with Crippen LogP contribution in [0.25, 0.3) is 10.8 Å². The summed E-state index contributed by atoms with van der Waals surface area (Å²) in [6.45, 7) is 2.07. The number of hydrogen-bond acceptors (Lipinski definition) is 3. The van der Waals surface area contributed by atoms with E-state index in [9.17, 15) is 14.4 Å². The summed E-state index contributed by atoms with van der Waals surface area (Å²) >= 11 is 0. The second kappa shape index (κ2) is 10.3. The Morgan fingerprint density at radius 2 is 1.75 bits per heavy atom. The molecule has 1 saturated heterocycles. The van der Waals surface area contributed by atoms with Crippen molar-refractivity contribution in [1.29, 1.82) is 0 Å². The molecule has 2 amide bonds. The number of nitrogens with zero attached hydrogens (tertiary/aromatic N) is 2. The summed E-state index contributed by atoms with van der Waals surface area (Å²) in [5.41, 5.74) is 1.81. The number of carbonyl (C=O) groups is 2. The van der Waals surface area contributed by atoms with Gasteiger partial charge in [-0.1, -0.05) is 36.4 Å². The molecule has 1 fully saturated rings. The summed E-state index contributed by atoms with van der Waals surface area (Å²) < 4.78 is 1.69. The van der Waals surface area contributed by atoms with Gasteiger partial charge in [0, 0.05) is 55.1 Å². The van der Waals surface area contributed by atoms with Gasteiger partial charge in [0.2, 0.25) is 11.8 Å². The van der Waals surface area contributed by atoms with Gasteiger partial charge in [-0.3, -0.25) is 14.4 Å². The molecule has 2 heterocycles. The van der Waals surface area contributed by atoms with E-state index >= 15 is 0 Å². The lowest BCUT2D eigenvalue weighted by Gasteiger charge is -2.16. The molecule has 0 atom stereocenters. The highest BCUT2D eigenvalue weighted by molar-refractivity contribution is 6.01. The van der Waals surface area contributed by atoms with Gasteiger partial charge in [-0.05, 0) is 49.4 Å². The predicted molar refractivity (Wildman–Crippen MR) is 127 cm³/mol. The summed E-state index contributed by atoms with van der Waals surface area (Å²) in [6, 6.07) is 17.4. The zero-order valence-electron chi connectivity index (χ0n) is 18.3. The first-order valence-electron chi connectivity index (χ1n) is 11.4. The predicted octanol–water partition coefficient (Wildman–Crippen LogP) is 3.98. The Morgan fingerprint density at radius 1 is 0.906 bits per heavy atom. The first kappa shape index (κ1) is 21.8. The zero-order valence-corrected chi connectivity index (χ0v) is 18.3. The molecule has 0 bridgehead atoms. The van der Waals surface area contributed by atoms with E-state index < -0.39 is 0 Å². The molecule has 0 unspecified atom stereocenters. The third kappa shape index (κ3) is 5.25. The molecule has 1 aromatic heterocycles. The van der Waals surface area contributed by atoms with E-state index in [0.717, 1.165) is 37.6 Å². The standard InChI is InChI=1S/C26H29N3O3/c30-24(13-4-10-20-8-2-1-3-9-20)27-23-12-5-11-22-21(23)15-19-29(26(22)32)18-7-17-28-16-6-14-25(28)31/h1-3,5,8-9,11-12,15,19H,4,6-7,10,13-14,16-18H2,(H,27,30). The third-order valence-electron chi connectivity index (χ3n) is 6.00. The SMILES string of the molecule is O=C(CCCc1ccccc1)Nc1cccc2c(=O)n(CCCN3CCCC3=O)ccc12. The third-order valence-corrected chi connectivity index (χ3v) is 6.00. The van der Waals surface area contributed by atoms with Crippen molar-refractivity contribution < 1.29 is 9.59 Å². The second-order valence-electron chi connectivity index (χ2n) is 8.31. The Balaban J connectivity index is 1.37. The number of aryl methyl sites for hydroxylation is 2. The van der Waals surface area contributed by atoms with Gasteiger partial charge in [0.05, 0.1) is 0 Å². The molecule has 1 N–H and O–H groups in total. The number of hydrogen-bond donors (Lipinski definition) is 1. The lowest BCUT2D eigenvalue weighted by Crippen LogP contribution is -2.28. The van der Waals surface area contributed by atoms with Gasteiger partial charge in [-0.25, -0.2) is 0 Å². The molecule has 0 radical (unpaired) electrons. The molecular formula is C26H29N3O3. The zero-order chi connectivity index (χ0) is 22.3. The molecule has 2 aromatic carbocycles. The summed E-state index contributed by atoms with van der Waals surface area (Å²) in [5.74, 6) is 0.160. The number of benzene rings is 2. The number of carbonyl (C=O) groups excluding carboxylic acids is 2. The number of likely N-dealkylation sites (tertiary alicyclic amines) is 1. The van der Waals surface area contributed by atoms with Crippen LogP contribution in [-0.4, -0.2) is 34.4 Å². The van der Waals surface area contributed by atoms with Crippen LogP contribution in [0.5, 0.6) is 0 Å². The smallest absolute Gasteiger partial charge is 0.258 e. The maximum absolute atomic E-state index is 13.0. The van der Waals surface area contributed by atoms with Crippen molar-refractivity contribution >= 4 is 28.3 Å². The van der Waals surface area contributed by atoms with E-state index in [0.29, 0.717) is 37.0 Å². The molecule has 4 rings (SSSR count). The van der Waals surface area contributed by atoms with Crippen molar-refractivity contribution in [1.82, 2.24) is 9.47 Å². The van der Waals surface area contributed by atoms with E-state index in [1.54, 1.807) is 22.9 Å². The van der Waals surface area contributed by atoms with E-state index in [1.165, 1.54) is 5.56 Å². The summed E-state index contributed by atoms with van der Waals surface area (Å²) in [5, 5.41) is 4.31. The van der Waals surface area contributed by atoms with E-state index in [1.807, 2.05) is 35.2 Å². The Kier molecular flexibility index (Phi) is 7.00. The monoisotopic (exact) mass is 431 g/mol. The summed E-state index contributed by atoms with van der Waals surface area (Å²) in [4.78, 5) is 39.0. The highest BCUT2D eigenvalue weighted by Gasteiger charge is 2.19. The lowest BCUT2D eigenvalue weighted by atomic mass is 10.1. The van der Waals surface area contributed by atoms with Crippen molar-refractivity contribution in [2.45, 2.75) is 45.1 Å². The maximum Gasteiger partial charge on any atom is 0.258 e. The highest BCUT2D eigenvalue weighted by atomic mass is 16.2. The minimum atomic E-state index is -0.0737. The first-order valence-corrected chi connectivity index (χ1v) is 11.4. The number of pyridine rings is 1. The number of fused-ring (bicyclic) bond motifs is 1. The average molecular weight is 432 g/mol. The number of amides is 2.